The van der Waals surface area contributed by atoms with Crippen LogP contribution in [0, 0.1) is 0 Å². The van der Waals surface area contributed by atoms with E-state index < -0.39 is 0 Å². The molecule has 0 unspecified atom stereocenters. The minimum absolute atomic E-state index is 0.938. The van der Waals surface area contributed by atoms with Crippen molar-refractivity contribution < 1.29 is 0 Å². The predicted molar refractivity (Wildman–Crippen MR) is 54.9 cm³/mol. The molecule has 0 spiro atoms. The predicted octanol–water partition coefficient (Wildman–Crippen LogP) is 3.15. The molecule has 0 atom stereocenters. The number of fused-ring (bicyclic) bond motifs is 1. The fraction of sp³-hybridized carbons (Fsp3) is 0. The molecular weight excluding hydrogens is 284 g/mol. The van der Waals surface area contributed by atoms with Gasteiger partial charge < -0.3 is 0 Å². The number of nitrogens with zero attached hydrogens (tertiary/aromatic N) is 2. The number of aromatic nitrogens is 2. The average Bonchev–Trinajstić information content (AvgIpc) is 2.04. The Morgan fingerprint density at radius 1 is 1.17 bits per heavy atom. The highest BCUT2D eigenvalue weighted by atomic mass is 79.9. The van der Waals surface area contributed by atoms with Gasteiger partial charge in [0.15, 0.2) is 0 Å². The Morgan fingerprint density at radius 2 is 2.00 bits per heavy atom. The Kier molecular flexibility index (Phi) is 2.11. The molecule has 0 radical (unpaired) electrons. The minimum Gasteiger partial charge on any atom is -0.244 e. The topological polar surface area (TPSA) is 25.8 Å². The van der Waals surface area contributed by atoms with E-state index in [1.807, 2.05) is 12.1 Å². The van der Waals surface area contributed by atoms with Crippen LogP contribution in [-0.2, 0) is 0 Å². The van der Waals surface area contributed by atoms with E-state index in [4.69, 9.17) is 0 Å². The highest BCUT2D eigenvalue weighted by Crippen LogP contribution is 2.25. The lowest BCUT2D eigenvalue weighted by molar-refractivity contribution is 1.22. The monoisotopic (exact) mass is 286 g/mol. The molecule has 0 amide bonds. The van der Waals surface area contributed by atoms with Crippen LogP contribution >= 0.6 is 31.9 Å². The van der Waals surface area contributed by atoms with Crippen LogP contribution < -0.4 is 0 Å². The lowest BCUT2D eigenvalue weighted by atomic mass is 10.2. The van der Waals surface area contributed by atoms with Gasteiger partial charge in [0.1, 0.15) is 6.33 Å². The Balaban J connectivity index is 2.89. The summed E-state index contributed by atoms with van der Waals surface area (Å²) in [6.45, 7) is 0. The number of benzene rings is 1. The third kappa shape index (κ3) is 1.36. The first-order valence-corrected chi connectivity index (χ1v) is 4.91. The minimum atomic E-state index is 0.938. The summed E-state index contributed by atoms with van der Waals surface area (Å²) in [4.78, 5) is 8.09. The van der Waals surface area contributed by atoms with Gasteiger partial charge in [-0.1, -0.05) is 15.9 Å². The van der Waals surface area contributed by atoms with Crippen molar-refractivity contribution in [2.24, 2.45) is 0 Å². The van der Waals surface area contributed by atoms with Crippen molar-refractivity contribution in [2.75, 3.05) is 0 Å². The first kappa shape index (κ1) is 8.13. The Bertz CT molecular complexity index is 428. The molecule has 12 heavy (non-hydrogen) atoms. The second kappa shape index (κ2) is 3.11. The van der Waals surface area contributed by atoms with E-state index >= 15 is 0 Å². The van der Waals surface area contributed by atoms with Gasteiger partial charge in [-0.2, -0.15) is 0 Å². The maximum Gasteiger partial charge on any atom is 0.116 e. The van der Waals surface area contributed by atoms with Crippen molar-refractivity contribution in [1.82, 2.24) is 9.97 Å². The molecule has 2 rings (SSSR count). The molecule has 60 valence electrons. The van der Waals surface area contributed by atoms with Gasteiger partial charge in [-0.25, -0.2) is 9.97 Å². The quantitative estimate of drug-likeness (QED) is 0.744. The Morgan fingerprint density at radius 3 is 2.83 bits per heavy atom. The van der Waals surface area contributed by atoms with Crippen molar-refractivity contribution in [1.29, 1.82) is 0 Å². The first-order chi connectivity index (χ1) is 5.77. The lowest BCUT2D eigenvalue weighted by Crippen LogP contribution is -1.81. The SMILES string of the molecule is Brc1cc(Br)c2ncncc2c1. The van der Waals surface area contributed by atoms with Crippen molar-refractivity contribution in [3.05, 3.63) is 33.6 Å². The smallest absolute Gasteiger partial charge is 0.116 e. The molecule has 4 heteroatoms. The maximum atomic E-state index is 4.14. The van der Waals surface area contributed by atoms with E-state index in [9.17, 15) is 0 Å². The lowest BCUT2D eigenvalue weighted by Gasteiger charge is -1.98. The summed E-state index contributed by atoms with van der Waals surface area (Å²) >= 11 is 6.83. The van der Waals surface area contributed by atoms with Gasteiger partial charge in [-0.3, -0.25) is 0 Å². The van der Waals surface area contributed by atoms with Gasteiger partial charge in [0.25, 0.3) is 0 Å². The van der Waals surface area contributed by atoms with E-state index in [0.29, 0.717) is 0 Å². The summed E-state index contributed by atoms with van der Waals surface area (Å²) in [7, 11) is 0. The number of hydrogen-bond acceptors (Lipinski definition) is 2. The Labute approximate surface area is 86.3 Å². The fourth-order valence-corrected chi connectivity index (χ4v) is 2.39. The Hall–Kier alpha value is -0.480. The third-order valence-electron chi connectivity index (χ3n) is 1.52. The van der Waals surface area contributed by atoms with Crippen LogP contribution in [-0.4, -0.2) is 9.97 Å². The maximum absolute atomic E-state index is 4.14. The summed E-state index contributed by atoms with van der Waals surface area (Å²) < 4.78 is 2.01. The summed E-state index contributed by atoms with van der Waals surface area (Å²) in [6.07, 6.45) is 3.33. The molecule has 0 aliphatic carbocycles. The molecule has 0 fully saturated rings. The van der Waals surface area contributed by atoms with Gasteiger partial charge in [0.05, 0.1) is 5.52 Å². The van der Waals surface area contributed by atoms with Crippen LogP contribution in [0.25, 0.3) is 10.9 Å². The summed E-state index contributed by atoms with van der Waals surface area (Å²) in [5, 5.41) is 1.03. The van der Waals surface area contributed by atoms with Crippen LogP contribution in [0.4, 0.5) is 0 Å². The van der Waals surface area contributed by atoms with Crippen LogP contribution in [0.3, 0.4) is 0 Å². The van der Waals surface area contributed by atoms with E-state index in [0.717, 1.165) is 19.8 Å². The third-order valence-corrected chi connectivity index (χ3v) is 2.59. The largest absolute Gasteiger partial charge is 0.244 e. The molecule has 1 aromatic carbocycles. The van der Waals surface area contributed by atoms with Crippen molar-refractivity contribution in [2.45, 2.75) is 0 Å². The second-order valence-electron chi connectivity index (χ2n) is 2.35. The normalized spacial score (nSPS) is 10.5. The van der Waals surface area contributed by atoms with Crippen LogP contribution in [0.15, 0.2) is 33.6 Å². The summed E-state index contributed by atoms with van der Waals surface area (Å²) in [5.41, 5.74) is 0.938. The number of hydrogen-bond donors (Lipinski definition) is 0. The van der Waals surface area contributed by atoms with Crippen molar-refractivity contribution in [3.8, 4) is 0 Å². The summed E-state index contributed by atoms with van der Waals surface area (Å²) in [6, 6.07) is 3.95. The van der Waals surface area contributed by atoms with Crippen LogP contribution in [0.5, 0.6) is 0 Å². The van der Waals surface area contributed by atoms with Crippen LogP contribution in [0.2, 0.25) is 0 Å². The zero-order chi connectivity index (χ0) is 8.55. The molecule has 2 aromatic rings. The van der Waals surface area contributed by atoms with Gasteiger partial charge in [0.2, 0.25) is 0 Å². The molecule has 0 saturated carbocycles. The molecule has 0 aliphatic heterocycles. The van der Waals surface area contributed by atoms with E-state index in [1.165, 1.54) is 0 Å². The molecule has 0 bridgehead atoms. The van der Waals surface area contributed by atoms with Gasteiger partial charge in [-0.05, 0) is 28.1 Å². The number of halogens is 2. The standard InChI is InChI=1S/C8H4Br2N2/c9-6-1-5-3-11-4-12-8(5)7(10)2-6/h1-4H. The summed E-state index contributed by atoms with van der Waals surface area (Å²) in [5.74, 6) is 0. The van der Waals surface area contributed by atoms with E-state index in [1.54, 1.807) is 12.5 Å². The van der Waals surface area contributed by atoms with Crippen LogP contribution in [0.1, 0.15) is 0 Å². The zero-order valence-corrected chi connectivity index (χ0v) is 9.13. The fourth-order valence-electron chi connectivity index (χ4n) is 1.03. The van der Waals surface area contributed by atoms with Gasteiger partial charge in [0, 0.05) is 20.5 Å². The molecular formula is C8H4Br2N2. The molecule has 0 N–H and O–H groups in total. The average molecular weight is 288 g/mol. The van der Waals surface area contributed by atoms with E-state index in [2.05, 4.69) is 41.8 Å². The second-order valence-corrected chi connectivity index (χ2v) is 4.12. The molecule has 2 nitrogen and oxygen atoms in total. The highest BCUT2D eigenvalue weighted by molar-refractivity contribution is 9.11. The van der Waals surface area contributed by atoms with Gasteiger partial charge >= 0.3 is 0 Å². The highest BCUT2D eigenvalue weighted by Gasteiger charge is 2.00. The van der Waals surface area contributed by atoms with Crippen molar-refractivity contribution >= 4 is 42.8 Å². The molecule has 0 aliphatic rings. The van der Waals surface area contributed by atoms with Gasteiger partial charge in [-0.15, -0.1) is 0 Å². The molecule has 0 saturated heterocycles. The zero-order valence-electron chi connectivity index (χ0n) is 5.96. The molecule has 1 aromatic heterocycles. The number of rotatable bonds is 0. The van der Waals surface area contributed by atoms with E-state index in [-0.39, 0.29) is 0 Å². The van der Waals surface area contributed by atoms with Crippen molar-refractivity contribution in [3.63, 3.8) is 0 Å². The first-order valence-electron chi connectivity index (χ1n) is 3.32. The molecule has 1 heterocycles.